The lowest BCUT2D eigenvalue weighted by Gasteiger charge is -2.12. The van der Waals surface area contributed by atoms with Crippen LogP contribution in [-0.2, 0) is 11.2 Å². The summed E-state index contributed by atoms with van der Waals surface area (Å²) in [4.78, 5) is 15.9. The van der Waals surface area contributed by atoms with E-state index in [0.717, 1.165) is 23.2 Å². The number of para-hydroxylation sites is 1. The molecule has 6 nitrogen and oxygen atoms in total. The van der Waals surface area contributed by atoms with E-state index in [1.54, 1.807) is 0 Å². The first-order chi connectivity index (χ1) is 9.60. The third-order valence-electron chi connectivity index (χ3n) is 2.82. The summed E-state index contributed by atoms with van der Waals surface area (Å²) < 4.78 is 0. The number of aromatic amines is 1. The number of thioether (sulfide) groups is 1. The first kappa shape index (κ1) is 14.4. The van der Waals surface area contributed by atoms with E-state index in [9.17, 15) is 4.79 Å². The molecule has 0 saturated heterocycles. The van der Waals surface area contributed by atoms with Gasteiger partial charge in [0.25, 0.3) is 0 Å². The Morgan fingerprint density at radius 3 is 2.95 bits per heavy atom. The monoisotopic (exact) mass is 291 g/mol. The molecule has 0 atom stereocenters. The van der Waals surface area contributed by atoms with Crippen LogP contribution < -0.4 is 11.1 Å². The van der Waals surface area contributed by atoms with Gasteiger partial charge < -0.3 is 11.1 Å². The van der Waals surface area contributed by atoms with Crippen molar-refractivity contribution in [2.45, 2.75) is 25.4 Å². The van der Waals surface area contributed by atoms with Crippen LogP contribution in [-0.4, -0.2) is 26.8 Å². The highest BCUT2D eigenvalue weighted by molar-refractivity contribution is 7.99. The van der Waals surface area contributed by atoms with Crippen molar-refractivity contribution in [2.24, 2.45) is 0 Å². The summed E-state index contributed by atoms with van der Waals surface area (Å²) in [5, 5.41) is 9.82. The average molecular weight is 291 g/mol. The molecule has 0 aliphatic carbocycles. The number of hydrogen-bond acceptors (Lipinski definition) is 5. The minimum absolute atomic E-state index is 0.0811. The normalized spacial score (nSPS) is 10.5. The minimum atomic E-state index is -0.0811. The van der Waals surface area contributed by atoms with Crippen molar-refractivity contribution in [3.05, 3.63) is 29.3 Å². The van der Waals surface area contributed by atoms with Crippen LogP contribution in [0.1, 0.15) is 18.1 Å². The summed E-state index contributed by atoms with van der Waals surface area (Å²) in [5.41, 5.74) is 8.51. The van der Waals surface area contributed by atoms with Crippen LogP contribution in [0.4, 0.5) is 11.6 Å². The quantitative estimate of drug-likeness (QED) is 0.732. The van der Waals surface area contributed by atoms with Gasteiger partial charge in [0.05, 0.1) is 5.75 Å². The van der Waals surface area contributed by atoms with Crippen LogP contribution in [0.15, 0.2) is 23.4 Å². The fraction of sp³-hybridized carbons (Fsp3) is 0.308. The highest BCUT2D eigenvalue weighted by atomic mass is 32.2. The number of nitrogens with two attached hydrogens (primary N) is 1. The van der Waals surface area contributed by atoms with E-state index in [1.165, 1.54) is 11.8 Å². The summed E-state index contributed by atoms with van der Waals surface area (Å²) in [6, 6.07) is 6.00. The van der Waals surface area contributed by atoms with Crippen molar-refractivity contribution in [2.75, 3.05) is 16.8 Å². The zero-order valence-electron chi connectivity index (χ0n) is 11.4. The summed E-state index contributed by atoms with van der Waals surface area (Å²) in [5.74, 6) is 0.414. The van der Waals surface area contributed by atoms with E-state index in [1.807, 2.05) is 25.1 Å². The summed E-state index contributed by atoms with van der Waals surface area (Å²) in [6.07, 6.45) is 0.877. The van der Waals surface area contributed by atoms with Crippen molar-refractivity contribution >= 4 is 29.3 Å². The molecule has 0 spiro atoms. The van der Waals surface area contributed by atoms with Crippen LogP contribution in [0.25, 0.3) is 0 Å². The molecular weight excluding hydrogens is 274 g/mol. The Bertz CT molecular complexity index is 611. The first-order valence-electron chi connectivity index (χ1n) is 6.29. The Hall–Kier alpha value is -2.02. The van der Waals surface area contributed by atoms with Gasteiger partial charge in [0, 0.05) is 5.69 Å². The van der Waals surface area contributed by atoms with Crippen LogP contribution in [0.5, 0.6) is 0 Å². The lowest BCUT2D eigenvalue weighted by molar-refractivity contribution is -0.113. The van der Waals surface area contributed by atoms with Gasteiger partial charge in [0.15, 0.2) is 0 Å². The lowest BCUT2D eigenvalue weighted by atomic mass is 10.1. The standard InChI is InChI=1S/C13H17N5OS/c1-3-9-6-4-5-8(2)11(9)15-10(19)7-20-13-16-12(14)17-18-13/h4-6H,3,7H2,1-2H3,(H,15,19)(H3,14,16,17,18). The molecule has 1 amide bonds. The van der Waals surface area contributed by atoms with Gasteiger partial charge >= 0.3 is 0 Å². The molecule has 0 fully saturated rings. The molecule has 0 bridgehead atoms. The topological polar surface area (TPSA) is 96.7 Å². The second kappa shape index (κ2) is 6.42. The average Bonchev–Trinajstić information content (AvgIpc) is 2.84. The van der Waals surface area contributed by atoms with E-state index < -0.39 is 0 Å². The van der Waals surface area contributed by atoms with Gasteiger partial charge in [-0.1, -0.05) is 36.9 Å². The molecule has 0 radical (unpaired) electrons. The van der Waals surface area contributed by atoms with E-state index >= 15 is 0 Å². The molecule has 0 saturated carbocycles. The van der Waals surface area contributed by atoms with E-state index in [0.29, 0.717) is 5.16 Å². The number of nitrogens with zero attached hydrogens (tertiary/aromatic N) is 2. The fourth-order valence-corrected chi connectivity index (χ4v) is 2.44. The van der Waals surface area contributed by atoms with Crippen molar-refractivity contribution in [1.29, 1.82) is 0 Å². The number of anilines is 2. The maximum Gasteiger partial charge on any atom is 0.234 e. The molecule has 20 heavy (non-hydrogen) atoms. The van der Waals surface area contributed by atoms with Gasteiger partial charge in [-0.05, 0) is 24.5 Å². The first-order valence-corrected chi connectivity index (χ1v) is 7.27. The molecule has 1 aromatic heterocycles. The number of amides is 1. The third-order valence-corrected chi connectivity index (χ3v) is 3.67. The molecule has 0 aliphatic rings. The van der Waals surface area contributed by atoms with Crippen LogP contribution in [0, 0.1) is 6.92 Å². The van der Waals surface area contributed by atoms with E-state index in [2.05, 4.69) is 27.4 Å². The van der Waals surface area contributed by atoms with Crippen molar-refractivity contribution in [3.63, 3.8) is 0 Å². The molecule has 0 unspecified atom stereocenters. The maximum atomic E-state index is 12.0. The molecule has 0 aliphatic heterocycles. The third kappa shape index (κ3) is 3.51. The second-order valence-electron chi connectivity index (χ2n) is 4.30. The number of aryl methyl sites for hydroxylation is 2. The maximum absolute atomic E-state index is 12.0. The number of nitrogens with one attached hydrogen (secondary N) is 2. The van der Waals surface area contributed by atoms with Gasteiger partial charge in [0.2, 0.25) is 17.0 Å². The number of aromatic nitrogens is 3. The molecule has 1 aromatic carbocycles. The van der Waals surface area contributed by atoms with E-state index in [-0.39, 0.29) is 17.6 Å². The molecule has 106 valence electrons. The van der Waals surface area contributed by atoms with E-state index in [4.69, 9.17) is 5.73 Å². The largest absolute Gasteiger partial charge is 0.368 e. The summed E-state index contributed by atoms with van der Waals surface area (Å²) in [6.45, 7) is 4.05. The van der Waals surface area contributed by atoms with Gasteiger partial charge in [-0.15, -0.1) is 5.10 Å². The molecule has 4 N–H and O–H groups in total. The number of nitrogen functional groups attached to an aromatic ring is 1. The zero-order chi connectivity index (χ0) is 14.5. The Morgan fingerprint density at radius 2 is 2.30 bits per heavy atom. The van der Waals surface area contributed by atoms with Crippen LogP contribution in [0.3, 0.4) is 0 Å². The highest BCUT2D eigenvalue weighted by Gasteiger charge is 2.10. The Balaban J connectivity index is 1.98. The Morgan fingerprint density at radius 1 is 1.50 bits per heavy atom. The molecular formula is C13H17N5OS. The predicted molar refractivity (Wildman–Crippen MR) is 80.7 cm³/mol. The predicted octanol–water partition coefficient (Wildman–Crippen LogP) is 1.99. The molecule has 1 heterocycles. The highest BCUT2D eigenvalue weighted by Crippen LogP contribution is 2.22. The lowest BCUT2D eigenvalue weighted by Crippen LogP contribution is -2.16. The Labute approximate surface area is 121 Å². The number of carbonyl (C=O) groups excluding carboxylic acids is 1. The molecule has 2 aromatic rings. The number of hydrogen-bond donors (Lipinski definition) is 3. The minimum Gasteiger partial charge on any atom is -0.368 e. The van der Waals surface area contributed by atoms with Crippen molar-refractivity contribution < 1.29 is 4.79 Å². The number of benzene rings is 1. The number of carbonyl (C=O) groups is 1. The van der Waals surface area contributed by atoms with Crippen LogP contribution >= 0.6 is 11.8 Å². The second-order valence-corrected chi connectivity index (χ2v) is 5.25. The van der Waals surface area contributed by atoms with Gasteiger partial charge in [0.1, 0.15) is 0 Å². The van der Waals surface area contributed by atoms with Gasteiger partial charge in [-0.3, -0.25) is 4.79 Å². The molecule has 7 heteroatoms. The molecule has 2 rings (SSSR count). The SMILES string of the molecule is CCc1cccc(C)c1NC(=O)CSc1n[nH]c(N)n1. The van der Waals surface area contributed by atoms with Crippen molar-refractivity contribution in [3.8, 4) is 0 Å². The smallest absolute Gasteiger partial charge is 0.234 e. The van der Waals surface area contributed by atoms with Crippen LogP contribution in [0.2, 0.25) is 0 Å². The summed E-state index contributed by atoms with van der Waals surface area (Å²) in [7, 11) is 0. The number of H-pyrrole nitrogens is 1. The summed E-state index contributed by atoms with van der Waals surface area (Å²) >= 11 is 1.24. The van der Waals surface area contributed by atoms with Gasteiger partial charge in [-0.25, -0.2) is 5.10 Å². The number of rotatable bonds is 5. The fourth-order valence-electron chi connectivity index (χ4n) is 1.83. The zero-order valence-corrected chi connectivity index (χ0v) is 12.3. The van der Waals surface area contributed by atoms with Crippen molar-refractivity contribution in [1.82, 2.24) is 15.2 Å². The van der Waals surface area contributed by atoms with Gasteiger partial charge in [-0.2, -0.15) is 4.98 Å². The Kier molecular flexibility index (Phi) is 4.62.